The van der Waals surface area contributed by atoms with Gasteiger partial charge in [-0.05, 0) is 19.8 Å². The van der Waals surface area contributed by atoms with Gasteiger partial charge in [0, 0.05) is 32.5 Å². The molecular formula is C17H28N4O3. The van der Waals surface area contributed by atoms with E-state index in [1.165, 1.54) is 12.8 Å². The Hall–Kier alpha value is -1.89. The van der Waals surface area contributed by atoms with Crippen molar-refractivity contribution in [2.75, 3.05) is 26.2 Å². The summed E-state index contributed by atoms with van der Waals surface area (Å²) in [6.45, 7) is 4.00. The molecule has 2 heterocycles. The maximum Gasteiger partial charge on any atom is 0.223 e. The number of aromatic amines is 1. The SMILES string of the molecule is Cc1ncc(CN(CCO)C(=O)CCC(=O)N2CCCCCC2)[nH]1. The molecule has 2 amide bonds. The standard InChI is InChI=1S/C17H28N4O3/c1-14-18-12-15(19-14)13-21(10-11-22)17(24)7-6-16(23)20-8-4-2-3-5-9-20/h12,22H,2-11,13H2,1H3,(H,18,19). The van der Waals surface area contributed by atoms with Crippen LogP contribution in [0.3, 0.4) is 0 Å². The van der Waals surface area contributed by atoms with Crippen molar-refractivity contribution in [2.24, 2.45) is 0 Å². The highest BCUT2D eigenvalue weighted by Gasteiger charge is 2.19. The summed E-state index contributed by atoms with van der Waals surface area (Å²) in [6, 6.07) is 0. The van der Waals surface area contributed by atoms with Gasteiger partial charge >= 0.3 is 0 Å². The molecular weight excluding hydrogens is 308 g/mol. The van der Waals surface area contributed by atoms with Crippen molar-refractivity contribution in [1.29, 1.82) is 0 Å². The zero-order valence-corrected chi connectivity index (χ0v) is 14.5. The molecule has 1 aromatic rings. The van der Waals surface area contributed by atoms with Gasteiger partial charge in [0.15, 0.2) is 0 Å². The van der Waals surface area contributed by atoms with Crippen LogP contribution in [0, 0.1) is 6.92 Å². The average Bonchev–Trinajstić information content (AvgIpc) is 2.81. The van der Waals surface area contributed by atoms with Crippen molar-refractivity contribution in [3.05, 3.63) is 17.7 Å². The topological polar surface area (TPSA) is 89.5 Å². The van der Waals surface area contributed by atoms with Crippen LogP contribution in [-0.4, -0.2) is 62.9 Å². The highest BCUT2D eigenvalue weighted by molar-refractivity contribution is 5.83. The van der Waals surface area contributed by atoms with Gasteiger partial charge in [-0.2, -0.15) is 0 Å². The molecule has 2 rings (SSSR count). The van der Waals surface area contributed by atoms with E-state index in [0.717, 1.165) is 37.4 Å². The number of imidazole rings is 1. The Morgan fingerprint density at radius 2 is 1.96 bits per heavy atom. The maximum atomic E-state index is 12.4. The van der Waals surface area contributed by atoms with Crippen molar-refractivity contribution in [3.8, 4) is 0 Å². The molecule has 134 valence electrons. The maximum absolute atomic E-state index is 12.4. The summed E-state index contributed by atoms with van der Waals surface area (Å²) in [6.07, 6.45) is 6.57. The zero-order chi connectivity index (χ0) is 17.4. The van der Waals surface area contributed by atoms with Crippen LogP contribution in [-0.2, 0) is 16.1 Å². The Kier molecular flexibility index (Phi) is 7.24. The predicted octanol–water partition coefficient (Wildman–Crippen LogP) is 1.22. The van der Waals surface area contributed by atoms with Crippen LogP contribution in [0.15, 0.2) is 6.20 Å². The first kappa shape index (κ1) is 18.4. The van der Waals surface area contributed by atoms with Crippen LogP contribution < -0.4 is 0 Å². The Bertz CT molecular complexity index is 536. The molecule has 0 aromatic carbocycles. The van der Waals surface area contributed by atoms with Gasteiger partial charge in [0.25, 0.3) is 0 Å². The number of nitrogens with one attached hydrogen (secondary N) is 1. The molecule has 1 saturated heterocycles. The van der Waals surface area contributed by atoms with Crippen molar-refractivity contribution < 1.29 is 14.7 Å². The van der Waals surface area contributed by atoms with Gasteiger partial charge in [-0.3, -0.25) is 9.59 Å². The number of rotatable bonds is 7. The van der Waals surface area contributed by atoms with Gasteiger partial charge in [0.2, 0.25) is 11.8 Å². The summed E-state index contributed by atoms with van der Waals surface area (Å²) in [5, 5.41) is 9.19. The molecule has 0 bridgehead atoms. The summed E-state index contributed by atoms with van der Waals surface area (Å²) in [4.78, 5) is 35.4. The molecule has 0 spiro atoms. The number of nitrogens with zero attached hydrogens (tertiary/aromatic N) is 3. The van der Waals surface area contributed by atoms with Crippen molar-refractivity contribution in [1.82, 2.24) is 19.8 Å². The Balaban J connectivity index is 1.84. The van der Waals surface area contributed by atoms with E-state index in [1.807, 2.05) is 11.8 Å². The third-order valence-corrected chi connectivity index (χ3v) is 4.35. The molecule has 1 aromatic heterocycles. The summed E-state index contributed by atoms with van der Waals surface area (Å²) >= 11 is 0. The van der Waals surface area contributed by atoms with E-state index in [-0.39, 0.29) is 37.8 Å². The van der Waals surface area contributed by atoms with Crippen molar-refractivity contribution >= 4 is 11.8 Å². The van der Waals surface area contributed by atoms with Gasteiger partial charge in [-0.25, -0.2) is 4.98 Å². The van der Waals surface area contributed by atoms with E-state index in [2.05, 4.69) is 9.97 Å². The number of carbonyl (C=O) groups is 2. The van der Waals surface area contributed by atoms with Crippen LogP contribution in [0.2, 0.25) is 0 Å². The van der Waals surface area contributed by atoms with Crippen molar-refractivity contribution in [2.45, 2.75) is 52.0 Å². The van der Waals surface area contributed by atoms with Gasteiger partial charge in [0.1, 0.15) is 5.82 Å². The number of aliphatic hydroxyl groups is 1. The van der Waals surface area contributed by atoms with Gasteiger partial charge in [0.05, 0.1) is 25.0 Å². The number of likely N-dealkylation sites (tertiary alicyclic amines) is 1. The molecule has 1 aliphatic heterocycles. The molecule has 0 unspecified atom stereocenters. The lowest BCUT2D eigenvalue weighted by Gasteiger charge is -2.23. The number of H-pyrrole nitrogens is 1. The fourth-order valence-electron chi connectivity index (χ4n) is 3.02. The highest BCUT2D eigenvalue weighted by Crippen LogP contribution is 2.12. The Morgan fingerprint density at radius 1 is 1.25 bits per heavy atom. The number of hydrogen-bond acceptors (Lipinski definition) is 4. The van der Waals surface area contributed by atoms with Crippen LogP contribution in [0.1, 0.15) is 50.0 Å². The minimum Gasteiger partial charge on any atom is -0.395 e. The zero-order valence-electron chi connectivity index (χ0n) is 14.5. The van der Waals surface area contributed by atoms with Crippen LogP contribution in [0.25, 0.3) is 0 Å². The van der Waals surface area contributed by atoms with Gasteiger partial charge in [-0.15, -0.1) is 0 Å². The molecule has 2 N–H and O–H groups in total. The Morgan fingerprint density at radius 3 is 2.54 bits per heavy atom. The smallest absolute Gasteiger partial charge is 0.223 e. The first-order chi connectivity index (χ1) is 11.6. The third-order valence-electron chi connectivity index (χ3n) is 4.35. The molecule has 24 heavy (non-hydrogen) atoms. The lowest BCUT2D eigenvalue weighted by atomic mass is 10.2. The molecule has 0 aliphatic carbocycles. The lowest BCUT2D eigenvalue weighted by molar-refractivity contribution is -0.137. The number of aryl methyl sites for hydroxylation is 1. The monoisotopic (exact) mass is 336 g/mol. The second kappa shape index (κ2) is 9.42. The largest absolute Gasteiger partial charge is 0.395 e. The molecule has 0 atom stereocenters. The predicted molar refractivity (Wildman–Crippen MR) is 90.1 cm³/mol. The molecule has 1 fully saturated rings. The minimum atomic E-state index is -0.112. The normalized spacial score (nSPS) is 15.2. The Labute approximate surface area is 143 Å². The summed E-state index contributed by atoms with van der Waals surface area (Å²) in [5.41, 5.74) is 0.827. The third kappa shape index (κ3) is 5.63. The van der Waals surface area contributed by atoms with Gasteiger partial charge in [-0.1, -0.05) is 12.8 Å². The van der Waals surface area contributed by atoms with Gasteiger partial charge < -0.3 is 19.9 Å². The van der Waals surface area contributed by atoms with E-state index in [0.29, 0.717) is 6.54 Å². The van der Waals surface area contributed by atoms with Crippen LogP contribution >= 0.6 is 0 Å². The first-order valence-corrected chi connectivity index (χ1v) is 8.77. The molecule has 0 saturated carbocycles. The quantitative estimate of drug-likeness (QED) is 0.783. The highest BCUT2D eigenvalue weighted by atomic mass is 16.3. The fraction of sp³-hybridized carbons (Fsp3) is 0.706. The number of aromatic nitrogens is 2. The van der Waals surface area contributed by atoms with E-state index >= 15 is 0 Å². The second-order valence-electron chi connectivity index (χ2n) is 6.33. The summed E-state index contributed by atoms with van der Waals surface area (Å²) < 4.78 is 0. The molecule has 0 radical (unpaired) electrons. The summed E-state index contributed by atoms with van der Waals surface area (Å²) in [7, 11) is 0. The van der Waals surface area contributed by atoms with Crippen molar-refractivity contribution in [3.63, 3.8) is 0 Å². The number of amides is 2. The number of carbonyl (C=O) groups excluding carboxylic acids is 2. The first-order valence-electron chi connectivity index (χ1n) is 8.77. The molecule has 7 nitrogen and oxygen atoms in total. The van der Waals surface area contributed by atoms with Crippen LogP contribution in [0.5, 0.6) is 0 Å². The van der Waals surface area contributed by atoms with E-state index < -0.39 is 0 Å². The number of hydrogen-bond donors (Lipinski definition) is 2. The van der Waals surface area contributed by atoms with E-state index in [1.54, 1.807) is 11.1 Å². The molecule has 1 aliphatic rings. The molecule has 7 heteroatoms. The van der Waals surface area contributed by atoms with E-state index in [4.69, 9.17) is 0 Å². The fourth-order valence-corrected chi connectivity index (χ4v) is 3.02. The lowest BCUT2D eigenvalue weighted by Crippen LogP contribution is -2.36. The minimum absolute atomic E-state index is 0.0617. The average molecular weight is 336 g/mol. The summed E-state index contributed by atoms with van der Waals surface area (Å²) in [5.74, 6) is 0.740. The number of aliphatic hydroxyl groups excluding tert-OH is 1. The van der Waals surface area contributed by atoms with Crippen LogP contribution in [0.4, 0.5) is 0 Å². The van der Waals surface area contributed by atoms with E-state index in [9.17, 15) is 14.7 Å². The second-order valence-corrected chi connectivity index (χ2v) is 6.33.